The van der Waals surface area contributed by atoms with Crippen molar-refractivity contribution in [1.82, 2.24) is 14.1 Å². The lowest BCUT2D eigenvalue weighted by Crippen LogP contribution is -2.43. The Morgan fingerprint density at radius 1 is 1.11 bits per heavy atom. The minimum Gasteiger partial charge on any atom is -0.508 e. The van der Waals surface area contributed by atoms with Crippen LogP contribution in [0.4, 0.5) is 17.2 Å². The Kier molecular flexibility index (Phi) is 6.87. The number of benzene rings is 2. The fraction of sp³-hybridized carbons (Fsp3) is 0.286. The van der Waals surface area contributed by atoms with Crippen LogP contribution in [-0.4, -0.2) is 37.2 Å². The molecule has 2 aromatic heterocycles. The molecular formula is C28H33N7O2. The predicted molar refractivity (Wildman–Crippen MR) is 146 cm³/mol. The number of hydrogen-bond acceptors (Lipinski definition) is 6. The van der Waals surface area contributed by atoms with E-state index in [1.54, 1.807) is 36.8 Å². The molecule has 2 aromatic carbocycles. The number of aromatic nitrogens is 3. The Bertz CT molecular complexity index is 1360. The van der Waals surface area contributed by atoms with Gasteiger partial charge in [0.25, 0.3) is 5.91 Å². The molecule has 0 bridgehead atoms. The second-order valence-corrected chi connectivity index (χ2v) is 9.64. The summed E-state index contributed by atoms with van der Waals surface area (Å²) in [6.07, 6.45) is 9.52. The largest absolute Gasteiger partial charge is 0.508 e. The summed E-state index contributed by atoms with van der Waals surface area (Å²) in [6, 6.07) is 15.0. The molecule has 1 fully saturated rings. The van der Waals surface area contributed by atoms with Gasteiger partial charge in [-0.15, -0.1) is 0 Å². The smallest absolute Gasteiger partial charge is 0.254 e. The lowest BCUT2D eigenvalue weighted by atomic mass is 9.90. The van der Waals surface area contributed by atoms with Crippen LogP contribution in [0.25, 0.3) is 5.69 Å². The van der Waals surface area contributed by atoms with Crippen molar-refractivity contribution in [3.05, 3.63) is 84.1 Å². The quantitative estimate of drug-likeness (QED) is 0.230. The van der Waals surface area contributed by atoms with Gasteiger partial charge in [-0.2, -0.15) is 0 Å². The fourth-order valence-corrected chi connectivity index (χ4v) is 5.05. The Hall–Kier alpha value is -4.24. The molecule has 1 aliphatic rings. The number of phenols is 1. The van der Waals surface area contributed by atoms with Gasteiger partial charge < -0.3 is 36.3 Å². The topological polar surface area (TPSA) is 136 Å². The SMILES string of the molecule is Cc1c(N[C@@H]2CCCC[C@@H]2N)c(C(N)=O)c(Nc2ccc(O)cc2)n1Cc1ccc(-n2ccnc2)cc1. The van der Waals surface area contributed by atoms with E-state index in [1.165, 1.54) is 0 Å². The number of nitrogens with zero attached hydrogens (tertiary/aromatic N) is 3. The van der Waals surface area contributed by atoms with E-state index in [1.807, 2.05) is 29.8 Å². The van der Waals surface area contributed by atoms with Gasteiger partial charge >= 0.3 is 0 Å². The van der Waals surface area contributed by atoms with Crippen LogP contribution in [0.3, 0.4) is 0 Å². The molecule has 9 nitrogen and oxygen atoms in total. The van der Waals surface area contributed by atoms with Crippen LogP contribution in [0.1, 0.15) is 47.3 Å². The van der Waals surface area contributed by atoms with Gasteiger partial charge in [0.15, 0.2) is 0 Å². The summed E-state index contributed by atoms with van der Waals surface area (Å²) in [7, 11) is 0. The van der Waals surface area contributed by atoms with E-state index in [0.717, 1.165) is 48.3 Å². The molecule has 1 amide bonds. The van der Waals surface area contributed by atoms with Crippen LogP contribution in [-0.2, 0) is 6.54 Å². The number of phenolic OH excluding ortho intramolecular Hbond substituents is 1. The van der Waals surface area contributed by atoms with E-state index in [0.29, 0.717) is 23.6 Å². The van der Waals surface area contributed by atoms with Gasteiger partial charge in [0.2, 0.25) is 0 Å². The van der Waals surface area contributed by atoms with E-state index in [9.17, 15) is 9.90 Å². The first-order valence-electron chi connectivity index (χ1n) is 12.6. The van der Waals surface area contributed by atoms with Gasteiger partial charge in [0.1, 0.15) is 17.1 Å². The number of primary amides is 1. The van der Waals surface area contributed by atoms with Crippen LogP contribution in [0, 0.1) is 6.92 Å². The van der Waals surface area contributed by atoms with Crippen molar-refractivity contribution < 1.29 is 9.90 Å². The summed E-state index contributed by atoms with van der Waals surface area (Å²) in [6.45, 7) is 2.51. The Labute approximate surface area is 216 Å². The second-order valence-electron chi connectivity index (χ2n) is 9.64. The summed E-state index contributed by atoms with van der Waals surface area (Å²) in [4.78, 5) is 17.0. The summed E-state index contributed by atoms with van der Waals surface area (Å²) in [5.41, 5.74) is 17.2. The number of nitrogens with two attached hydrogens (primary N) is 2. The van der Waals surface area contributed by atoms with Crippen LogP contribution < -0.4 is 22.1 Å². The zero-order valence-electron chi connectivity index (χ0n) is 20.9. The Morgan fingerprint density at radius 3 is 2.49 bits per heavy atom. The predicted octanol–water partition coefficient (Wildman–Crippen LogP) is 4.26. The van der Waals surface area contributed by atoms with E-state index in [4.69, 9.17) is 11.5 Å². The third-order valence-electron chi connectivity index (χ3n) is 7.13. The molecule has 2 heterocycles. The summed E-state index contributed by atoms with van der Waals surface area (Å²) < 4.78 is 4.01. The van der Waals surface area contributed by atoms with Gasteiger partial charge in [-0.3, -0.25) is 4.79 Å². The van der Waals surface area contributed by atoms with E-state index >= 15 is 0 Å². The number of carbonyl (C=O) groups excluding carboxylic acids is 1. The van der Waals surface area contributed by atoms with Crippen molar-refractivity contribution in [3.8, 4) is 11.4 Å². The molecule has 5 rings (SSSR count). The summed E-state index contributed by atoms with van der Waals surface area (Å²) in [5, 5.41) is 16.7. The molecule has 0 spiro atoms. The molecule has 7 N–H and O–H groups in total. The maximum Gasteiger partial charge on any atom is 0.254 e. The molecule has 9 heteroatoms. The zero-order chi connectivity index (χ0) is 25.9. The van der Waals surface area contributed by atoms with Crippen molar-refractivity contribution in [1.29, 1.82) is 0 Å². The van der Waals surface area contributed by atoms with Gasteiger partial charge in [0.05, 0.1) is 12.0 Å². The highest BCUT2D eigenvalue weighted by molar-refractivity contribution is 6.05. The maximum absolute atomic E-state index is 12.9. The fourth-order valence-electron chi connectivity index (χ4n) is 5.05. The van der Waals surface area contributed by atoms with Crippen LogP contribution >= 0.6 is 0 Å². The molecule has 0 aliphatic heterocycles. The highest BCUT2D eigenvalue weighted by atomic mass is 16.3. The van der Waals surface area contributed by atoms with E-state index < -0.39 is 5.91 Å². The van der Waals surface area contributed by atoms with Crippen LogP contribution in [0.5, 0.6) is 5.75 Å². The average Bonchev–Trinajstić information content (AvgIpc) is 3.51. The molecule has 0 radical (unpaired) electrons. The number of nitrogens with one attached hydrogen (secondary N) is 2. The van der Waals surface area contributed by atoms with Gasteiger partial charge in [-0.1, -0.05) is 25.0 Å². The van der Waals surface area contributed by atoms with Crippen molar-refractivity contribution in [3.63, 3.8) is 0 Å². The lowest BCUT2D eigenvalue weighted by Gasteiger charge is -2.30. The Morgan fingerprint density at radius 2 is 1.84 bits per heavy atom. The molecular weight excluding hydrogens is 466 g/mol. The van der Waals surface area contributed by atoms with Crippen molar-refractivity contribution >= 4 is 23.1 Å². The van der Waals surface area contributed by atoms with Crippen molar-refractivity contribution in [2.24, 2.45) is 11.5 Å². The van der Waals surface area contributed by atoms with Crippen LogP contribution in [0.2, 0.25) is 0 Å². The second kappa shape index (κ2) is 10.4. The zero-order valence-corrected chi connectivity index (χ0v) is 20.9. The highest BCUT2D eigenvalue weighted by Crippen LogP contribution is 2.36. The molecule has 192 valence electrons. The number of rotatable bonds is 8. The minimum atomic E-state index is -0.523. The van der Waals surface area contributed by atoms with Gasteiger partial charge in [-0.05, 0) is 61.7 Å². The molecule has 0 unspecified atom stereocenters. The maximum atomic E-state index is 12.9. The Balaban J connectivity index is 1.55. The first-order chi connectivity index (χ1) is 17.9. The molecule has 37 heavy (non-hydrogen) atoms. The normalized spacial score (nSPS) is 17.5. The number of imidazole rings is 1. The van der Waals surface area contributed by atoms with Crippen molar-refractivity contribution in [2.75, 3.05) is 10.6 Å². The molecule has 0 saturated heterocycles. The molecule has 4 aromatic rings. The van der Waals surface area contributed by atoms with E-state index in [2.05, 4.69) is 32.3 Å². The molecule has 1 aliphatic carbocycles. The third kappa shape index (κ3) is 5.17. The van der Waals surface area contributed by atoms with Gasteiger partial charge in [-0.25, -0.2) is 4.98 Å². The highest BCUT2D eigenvalue weighted by Gasteiger charge is 2.29. The first-order valence-corrected chi connectivity index (χ1v) is 12.6. The summed E-state index contributed by atoms with van der Waals surface area (Å²) in [5.74, 6) is 0.241. The monoisotopic (exact) mass is 499 g/mol. The standard InChI is InChI=1S/C28H33N7O2/c1-18-26(33-24-5-3-2-4-23(24)29)25(27(30)37)28(32-20-8-12-22(36)13-9-20)35(18)16-19-6-10-21(11-7-19)34-15-14-31-17-34/h6-15,17,23-24,32-33,36H,2-5,16,29H2,1H3,(H2,30,37)/t23-,24+/m0/s1. The number of anilines is 3. The number of amides is 1. The van der Waals surface area contributed by atoms with E-state index in [-0.39, 0.29) is 17.8 Å². The minimum absolute atomic E-state index is 0.0152. The number of aromatic hydroxyl groups is 1. The first kappa shape index (κ1) is 24.5. The lowest BCUT2D eigenvalue weighted by molar-refractivity contribution is 0.100. The summed E-state index contributed by atoms with van der Waals surface area (Å²) >= 11 is 0. The number of carbonyl (C=O) groups is 1. The van der Waals surface area contributed by atoms with Crippen molar-refractivity contribution in [2.45, 2.75) is 51.2 Å². The molecule has 2 atom stereocenters. The molecule has 1 saturated carbocycles. The van der Waals surface area contributed by atoms with Crippen LogP contribution in [0.15, 0.2) is 67.3 Å². The average molecular weight is 500 g/mol. The third-order valence-corrected chi connectivity index (χ3v) is 7.13. The van der Waals surface area contributed by atoms with Gasteiger partial charge in [0, 0.05) is 48.1 Å². The number of hydrogen-bond donors (Lipinski definition) is 5.